The van der Waals surface area contributed by atoms with Crippen LogP contribution in [0.4, 0.5) is 11.4 Å². The molecule has 3 aliphatic heterocycles. The fraction of sp³-hybridized carbons (Fsp3) is 0.237. The molecule has 0 aromatic heterocycles. The van der Waals surface area contributed by atoms with E-state index in [0.717, 1.165) is 16.9 Å². The number of benzene rings is 3. The van der Waals surface area contributed by atoms with Crippen LogP contribution in [0.15, 0.2) is 127 Å². The van der Waals surface area contributed by atoms with Gasteiger partial charge in [0.15, 0.2) is 5.78 Å². The summed E-state index contributed by atoms with van der Waals surface area (Å²) >= 11 is 0. The monoisotopic (exact) mass is 843 g/mol. The Morgan fingerprint density at radius 3 is 2.02 bits per heavy atom. The van der Waals surface area contributed by atoms with Crippen LogP contribution in [0.5, 0.6) is 5.75 Å². The molecule has 6 heteroatoms. The molecule has 3 aromatic rings. The predicted molar refractivity (Wildman–Crippen MR) is 174 cm³/mol. The number of nitrogens with zero attached hydrogens (tertiary/aromatic N) is 2. The maximum atomic E-state index is 11.8. The van der Waals surface area contributed by atoms with Crippen LogP contribution in [0.1, 0.15) is 44.4 Å². The Labute approximate surface area is 297 Å². The average Bonchev–Trinajstić information content (AvgIpc) is 3.29. The molecule has 0 saturated heterocycles. The van der Waals surface area contributed by atoms with Crippen molar-refractivity contribution < 1.29 is 59.2 Å². The Hall–Kier alpha value is -2.93. The number of anilines is 2. The van der Waals surface area contributed by atoms with Crippen LogP contribution < -0.4 is 14.5 Å². The summed E-state index contributed by atoms with van der Waals surface area (Å²) in [5.41, 5.74) is 7.55. The number of fused-ring (bicyclic) bond motifs is 3. The van der Waals surface area contributed by atoms with Gasteiger partial charge in [-0.3, -0.25) is 4.79 Å². The van der Waals surface area contributed by atoms with Crippen LogP contribution in [-0.4, -0.2) is 25.6 Å². The molecule has 4 aliphatic rings. The molecule has 44 heavy (non-hydrogen) atoms. The molecule has 1 atom stereocenters. The zero-order valence-electron chi connectivity index (χ0n) is 26.2. The number of likely N-dealkylation sites (N-methyl/N-ethyl adjacent to an activating group) is 2. The van der Waals surface area contributed by atoms with Crippen LogP contribution in [0.3, 0.4) is 0 Å². The first kappa shape index (κ1) is 33.9. The summed E-state index contributed by atoms with van der Waals surface area (Å²) in [5.74, 6) is 1.01. The number of carbonyl (C=O) groups excluding carboxylic acids is 1. The molecule has 221 valence electrons. The van der Waals surface area contributed by atoms with Crippen LogP contribution in [0.25, 0.3) is 6.08 Å². The van der Waals surface area contributed by atoms with E-state index in [4.69, 9.17) is 4.74 Å². The molecule has 4 nitrogen and oxygen atoms in total. The predicted octanol–water partition coefficient (Wildman–Crippen LogP) is 8.13. The Balaban J connectivity index is 0.000000192. The van der Waals surface area contributed by atoms with Crippen molar-refractivity contribution in [2.75, 3.05) is 23.9 Å². The van der Waals surface area contributed by atoms with E-state index in [2.05, 4.69) is 124 Å². The zero-order valence-corrected chi connectivity index (χ0v) is 31.8. The number of ketones is 1. The molecule has 1 aliphatic carbocycles. The largest absolute Gasteiger partial charge is 0.463 e. The maximum Gasteiger partial charge on any atom is 0.211 e. The Bertz CT molecular complexity index is 1730. The van der Waals surface area contributed by atoms with E-state index in [1.54, 1.807) is 12.2 Å². The molecular formula is C38H38N2O2UV. The van der Waals surface area contributed by atoms with E-state index in [0.29, 0.717) is 0 Å². The number of carbonyl (C=O) groups is 1. The number of ether oxygens (including phenoxy) is 1. The smallest absolute Gasteiger partial charge is 0.211 e. The third-order valence-corrected chi connectivity index (χ3v) is 9.29. The third kappa shape index (κ3) is 5.43. The van der Waals surface area contributed by atoms with Gasteiger partial charge in [-0.1, -0.05) is 86.7 Å². The minimum Gasteiger partial charge on any atom is -0.463 e. The van der Waals surface area contributed by atoms with Gasteiger partial charge in [0.1, 0.15) is 5.75 Å². The average molecular weight is 844 g/mol. The summed E-state index contributed by atoms with van der Waals surface area (Å²) in [6.45, 7) is 8.96. The van der Waals surface area contributed by atoms with Crippen molar-refractivity contribution in [1.82, 2.24) is 0 Å². The van der Waals surface area contributed by atoms with Crippen LogP contribution in [0, 0.1) is 31.1 Å². The van der Waals surface area contributed by atoms with Gasteiger partial charge in [0.2, 0.25) is 5.72 Å². The molecule has 3 aromatic carbocycles. The van der Waals surface area contributed by atoms with Gasteiger partial charge in [0.05, 0.1) is 5.41 Å². The molecule has 7 rings (SSSR count). The minimum atomic E-state index is -0.467. The number of rotatable bonds is 1. The molecule has 1 unspecified atom stereocenters. The van der Waals surface area contributed by atoms with Gasteiger partial charge in [-0.05, 0) is 73.6 Å². The third-order valence-electron chi connectivity index (χ3n) is 9.29. The standard InChI is InChI=1S/2C19H19NO.U.V/c1-18(2)15-9-5-6-10-16(15)20(3)19(18)13-12-14-8-4-7-11-17(14)21-19;1-19(2)15-9-5-6-10-16(15)20(3)18(19)13-12-14-8-4-7-11-17(14)21;;/h2*4-13H,1-3H3;;/b;14-12+,18-13-;;. The van der Waals surface area contributed by atoms with E-state index >= 15 is 0 Å². The summed E-state index contributed by atoms with van der Waals surface area (Å²) in [5, 5.41) is 0. The van der Waals surface area contributed by atoms with Gasteiger partial charge < -0.3 is 14.5 Å². The topological polar surface area (TPSA) is 32.8 Å². The Morgan fingerprint density at radius 1 is 0.727 bits per heavy atom. The summed E-state index contributed by atoms with van der Waals surface area (Å²) in [6, 6.07) is 25.2. The van der Waals surface area contributed by atoms with Gasteiger partial charge in [-0.15, -0.1) is 0 Å². The zero-order chi connectivity index (χ0) is 29.7. The van der Waals surface area contributed by atoms with Gasteiger partial charge in [0.25, 0.3) is 0 Å². The van der Waals surface area contributed by atoms with Crippen molar-refractivity contribution >= 4 is 23.2 Å². The van der Waals surface area contributed by atoms with Crippen molar-refractivity contribution in [3.8, 4) is 5.75 Å². The second-order valence-corrected chi connectivity index (χ2v) is 12.3. The molecule has 0 fully saturated rings. The molecule has 0 bridgehead atoms. The van der Waals surface area contributed by atoms with E-state index in [-0.39, 0.29) is 66.3 Å². The fourth-order valence-corrected chi connectivity index (χ4v) is 6.81. The van der Waals surface area contributed by atoms with Gasteiger partial charge in [-0.2, -0.15) is 0 Å². The van der Waals surface area contributed by atoms with Gasteiger partial charge >= 0.3 is 0 Å². The SMILES string of the molecule is CN1/C(=C\C=C2/C=CC=CC2=O)C(C)(C)c2ccccc21.CN1c2ccccc2C(C)(C)C12C=Cc1ccccc1O2.[U].[V]. The van der Waals surface area contributed by atoms with E-state index in [1.165, 1.54) is 28.2 Å². The summed E-state index contributed by atoms with van der Waals surface area (Å²) in [4.78, 5) is 16.3. The van der Waals surface area contributed by atoms with Crippen molar-refractivity contribution in [2.45, 2.75) is 44.2 Å². The normalized spacial score (nSPS) is 22.8. The molecule has 1 spiro atoms. The Kier molecular flexibility index (Phi) is 9.89. The second-order valence-electron chi connectivity index (χ2n) is 12.3. The van der Waals surface area contributed by atoms with Crippen LogP contribution in [0.2, 0.25) is 0 Å². The first-order valence-corrected chi connectivity index (χ1v) is 14.5. The molecule has 0 N–H and O–H groups in total. The first-order chi connectivity index (χ1) is 20.1. The second kappa shape index (κ2) is 12.8. The number of hydrogen-bond donors (Lipinski definition) is 0. The van der Waals surface area contributed by atoms with Crippen LogP contribution in [-0.2, 0) is 34.2 Å². The maximum absolute atomic E-state index is 11.8. The van der Waals surface area contributed by atoms with Gasteiger partial charge in [0, 0.05) is 97.4 Å². The summed E-state index contributed by atoms with van der Waals surface area (Å²) in [7, 11) is 4.20. The fourth-order valence-electron chi connectivity index (χ4n) is 6.81. The molecule has 0 amide bonds. The Morgan fingerprint density at radius 2 is 1.34 bits per heavy atom. The summed E-state index contributed by atoms with van der Waals surface area (Å²) < 4.78 is 6.53. The van der Waals surface area contributed by atoms with Crippen molar-refractivity contribution in [3.05, 3.63) is 143 Å². The van der Waals surface area contributed by atoms with Gasteiger partial charge in [-0.25, -0.2) is 0 Å². The molecule has 1 radical (unpaired) electrons. The van der Waals surface area contributed by atoms with E-state index in [9.17, 15) is 4.79 Å². The van der Waals surface area contributed by atoms with Crippen molar-refractivity contribution in [1.29, 1.82) is 0 Å². The molecular weight excluding hydrogens is 805 g/mol. The van der Waals surface area contributed by atoms with Crippen LogP contribution >= 0.6 is 0 Å². The number of hydrogen-bond acceptors (Lipinski definition) is 4. The van der Waals surface area contributed by atoms with E-state index in [1.807, 2.05) is 36.4 Å². The molecule has 3 heterocycles. The minimum absolute atomic E-state index is 0. The number of para-hydroxylation sites is 3. The quantitative estimate of drug-likeness (QED) is 0.232. The number of allylic oxidation sites excluding steroid dienone is 8. The van der Waals surface area contributed by atoms with E-state index < -0.39 is 5.72 Å². The van der Waals surface area contributed by atoms with Crippen molar-refractivity contribution in [2.24, 2.45) is 0 Å². The first-order valence-electron chi connectivity index (χ1n) is 14.5. The molecule has 0 saturated carbocycles. The summed E-state index contributed by atoms with van der Waals surface area (Å²) in [6.07, 6.45) is 15.5. The van der Waals surface area contributed by atoms with Crippen molar-refractivity contribution in [3.63, 3.8) is 0 Å².